The van der Waals surface area contributed by atoms with E-state index in [9.17, 15) is 4.79 Å². The summed E-state index contributed by atoms with van der Waals surface area (Å²) in [6.07, 6.45) is 1.07. The van der Waals surface area contributed by atoms with E-state index in [1.54, 1.807) is 18.2 Å². The SMILES string of the molecule is CC[C@H](C)c1ccc2oc(-c3ccc(NC(=S)NC(=O)c4cc(Br)ccc4OC)cc3)nc2c1. The molecule has 6 nitrogen and oxygen atoms in total. The Morgan fingerprint density at radius 3 is 2.62 bits per heavy atom. The Kier molecular flexibility index (Phi) is 7.29. The Morgan fingerprint density at radius 2 is 1.91 bits per heavy atom. The van der Waals surface area contributed by atoms with Gasteiger partial charge in [-0.1, -0.05) is 35.8 Å². The number of aromatic nitrogens is 1. The van der Waals surface area contributed by atoms with Gasteiger partial charge in [-0.25, -0.2) is 4.98 Å². The van der Waals surface area contributed by atoms with Crippen LogP contribution in [0.2, 0.25) is 0 Å². The molecule has 2 N–H and O–H groups in total. The van der Waals surface area contributed by atoms with Gasteiger partial charge < -0.3 is 14.5 Å². The maximum absolute atomic E-state index is 12.6. The molecule has 0 aliphatic heterocycles. The largest absolute Gasteiger partial charge is 0.496 e. The molecule has 1 atom stereocenters. The van der Waals surface area contributed by atoms with Crippen molar-refractivity contribution in [2.75, 3.05) is 12.4 Å². The number of hydrogen-bond acceptors (Lipinski definition) is 5. The molecule has 4 aromatic rings. The number of ether oxygens (including phenoxy) is 1. The lowest BCUT2D eigenvalue weighted by molar-refractivity contribution is 0.0974. The van der Waals surface area contributed by atoms with Crippen molar-refractivity contribution in [2.24, 2.45) is 0 Å². The van der Waals surface area contributed by atoms with E-state index in [0.717, 1.165) is 33.2 Å². The molecular formula is C26H24BrN3O3S. The van der Waals surface area contributed by atoms with Crippen molar-refractivity contribution in [3.05, 3.63) is 76.3 Å². The van der Waals surface area contributed by atoms with E-state index in [-0.39, 0.29) is 11.0 Å². The second kappa shape index (κ2) is 10.4. The quantitative estimate of drug-likeness (QED) is 0.260. The number of nitrogens with one attached hydrogen (secondary N) is 2. The summed E-state index contributed by atoms with van der Waals surface area (Å²) >= 11 is 8.68. The number of halogens is 1. The standard InChI is InChI=1S/C26H24BrN3O3S/c1-4-15(2)17-7-11-23-21(13-17)29-25(33-23)16-5-9-19(10-6-16)28-26(34)30-24(31)20-14-18(27)8-12-22(20)32-3/h5-15H,4H2,1-3H3,(H2,28,30,31,34)/t15-/m0/s1. The average molecular weight is 538 g/mol. The smallest absolute Gasteiger partial charge is 0.261 e. The minimum atomic E-state index is -0.365. The normalized spacial score (nSPS) is 11.8. The molecule has 1 amide bonds. The van der Waals surface area contributed by atoms with Crippen molar-refractivity contribution in [1.29, 1.82) is 0 Å². The van der Waals surface area contributed by atoms with E-state index in [2.05, 4.69) is 57.5 Å². The number of methoxy groups -OCH3 is 1. The molecule has 0 unspecified atom stereocenters. The molecule has 3 aromatic carbocycles. The van der Waals surface area contributed by atoms with Crippen LogP contribution in [0.5, 0.6) is 5.75 Å². The molecule has 0 radical (unpaired) electrons. The fourth-order valence-corrected chi connectivity index (χ4v) is 4.07. The highest BCUT2D eigenvalue weighted by molar-refractivity contribution is 9.10. The monoisotopic (exact) mass is 537 g/mol. The Labute approximate surface area is 211 Å². The second-order valence-electron chi connectivity index (χ2n) is 7.89. The van der Waals surface area contributed by atoms with Crippen molar-refractivity contribution in [1.82, 2.24) is 10.3 Å². The first-order valence-corrected chi connectivity index (χ1v) is 12.0. The Balaban J connectivity index is 1.44. The van der Waals surface area contributed by atoms with E-state index in [1.807, 2.05) is 30.3 Å². The van der Waals surface area contributed by atoms with Crippen molar-refractivity contribution >= 4 is 56.0 Å². The molecule has 1 aromatic heterocycles. The lowest BCUT2D eigenvalue weighted by Gasteiger charge is -2.12. The average Bonchev–Trinajstić information content (AvgIpc) is 3.27. The van der Waals surface area contributed by atoms with Crippen LogP contribution in [0.4, 0.5) is 5.69 Å². The van der Waals surface area contributed by atoms with Crippen LogP contribution in [-0.4, -0.2) is 23.1 Å². The number of nitrogens with zero attached hydrogens (tertiary/aromatic N) is 1. The van der Waals surface area contributed by atoms with Gasteiger partial charge >= 0.3 is 0 Å². The Bertz CT molecular complexity index is 1350. The molecule has 4 rings (SSSR count). The zero-order chi connectivity index (χ0) is 24.2. The molecule has 0 aliphatic carbocycles. The number of hydrogen-bond donors (Lipinski definition) is 2. The van der Waals surface area contributed by atoms with Crippen molar-refractivity contribution < 1.29 is 13.9 Å². The van der Waals surface area contributed by atoms with Crippen molar-refractivity contribution in [2.45, 2.75) is 26.2 Å². The molecule has 0 saturated heterocycles. The minimum Gasteiger partial charge on any atom is -0.496 e. The molecule has 0 bridgehead atoms. The first-order chi connectivity index (χ1) is 16.4. The van der Waals surface area contributed by atoms with Crippen LogP contribution in [0.3, 0.4) is 0 Å². The minimum absolute atomic E-state index is 0.180. The van der Waals surface area contributed by atoms with Crippen LogP contribution in [0.15, 0.2) is 69.6 Å². The molecule has 34 heavy (non-hydrogen) atoms. The lowest BCUT2D eigenvalue weighted by atomic mass is 9.98. The highest BCUT2D eigenvalue weighted by Gasteiger charge is 2.15. The van der Waals surface area contributed by atoms with Crippen molar-refractivity contribution in [3.8, 4) is 17.2 Å². The number of fused-ring (bicyclic) bond motifs is 1. The van der Waals surface area contributed by atoms with Gasteiger partial charge in [0, 0.05) is 15.7 Å². The molecule has 0 aliphatic rings. The number of carbonyl (C=O) groups excluding carboxylic acids is 1. The first-order valence-electron chi connectivity index (χ1n) is 10.8. The van der Waals surface area contributed by atoms with Crippen LogP contribution in [0.25, 0.3) is 22.6 Å². The van der Waals surface area contributed by atoms with Gasteiger partial charge in [-0.3, -0.25) is 10.1 Å². The third-order valence-electron chi connectivity index (χ3n) is 5.62. The zero-order valence-corrected chi connectivity index (χ0v) is 21.4. The predicted molar refractivity (Wildman–Crippen MR) is 143 cm³/mol. The fourth-order valence-electron chi connectivity index (χ4n) is 3.50. The number of oxazole rings is 1. The highest BCUT2D eigenvalue weighted by Crippen LogP contribution is 2.28. The molecular weight excluding hydrogens is 514 g/mol. The fraction of sp³-hybridized carbons (Fsp3) is 0.192. The topological polar surface area (TPSA) is 76.4 Å². The van der Waals surface area contributed by atoms with Crippen LogP contribution < -0.4 is 15.4 Å². The van der Waals surface area contributed by atoms with Crippen LogP contribution in [0.1, 0.15) is 42.1 Å². The summed E-state index contributed by atoms with van der Waals surface area (Å²) in [5.74, 6) is 1.13. The second-order valence-corrected chi connectivity index (χ2v) is 9.21. The number of amides is 1. The van der Waals surface area contributed by atoms with Gasteiger partial charge in [0.25, 0.3) is 5.91 Å². The number of rotatable bonds is 6. The molecule has 8 heteroatoms. The number of anilines is 1. The summed E-state index contributed by atoms with van der Waals surface area (Å²) in [6, 6.07) is 18.9. The lowest BCUT2D eigenvalue weighted by Crippen LogP contribution is -2.34. The van der Waals surface area contributed by atoms with E-state index in [4.69, 9.17) is 21.4 Å². The van der Waals surface area contributed by atoms with Crippen LogP contribution in [0, 0.1) is 0 Å². The van der Waals surface area contributed by atoms with E-state index in [0.29, 0.717) is 23.1 Å². The molecule has 174 valence electrons. The van der Waals surface area contributed by atoms with E-state index in [1.165, 1.54) is 12.7 Å². The summed E-state index contributed by atoms with van der Waals surface area (Å²) in [4.78, 5) is 17.3. The summed E-state index contributed by atoms with van der Waals surface area (Å²) < 4.78 is 12.0. The van der Waals surface area contributed by atoms with E-state index >= 15 is 0 Å². The molecule has 1 heterocycles. The Hall–Kier alpha value is -3.23. The van der Waals surface area contributed by atoms with Gasteiger partial charge in [-0.15, -0.1) is 0 Å². The van der Waals surface area contributed by atoms with Gasteiger partial charge in [0.2, 0.25) is 5.89 Å². The maximum Gasteiger partial charge on any atom is 0.261 e. The third-order valence-corrected chi connectivity index (χ3v) is 6.31. The molecule has 0 saturated carbocycles. The van der Waals surface area contributed by atoms with E-state index < -0.39 is 0 Å². The van der Waals surface area contributed by atoms with Crippen LogP contribution in [-0.2, 0) is 0 Å². The van der Waals surface area contributed by atoms with Crippen molar-refractivity contribution in [3.63, 3.8) is 0 Å². The Morgan fingerprint density at radius 1 is 1.15 bits per heavy atom. The number of thiocarbonyl (C=S) groups is 1. The van der Waals surface area contributed by atoms with Gasteiger partial charge in [0.15, 0.2) is 10.7 Å². The van der Waals surface area contributed by atoms with Gasteiger partial charge in [-0.05, 0) is 84.7 Å². The first kappa shape index (κ1) is 23.9. The van der Waals surface area contributed by atoms with Gasteiger partial charge in [-0.2, -0.15) is 0 Å². The summed E-state index contributed by atoms with van der Waals surface area (Å²) in [6.45, 7) is 4.38. The van der Waals surface area contributed by atoms with Gasteiger partial charge in [0.05, 0.1) is 12.7 Å². The predicted octanol–water partition coefficient (Wildman–Crippen LogP) is 6.91. The third kappa shape index (κ3) is 5.29. The molecule has 0 spiro atoms. The highest BCUT2D eigenvalue weighted by atomic mass is 79.9. The van der Waals surface area contributed by atoms with Gasteiger partial charge in [0.1, 0.15) is 11.3 Å². The number of carbonyl (C=O) groups is 1. The molecule has 0 fully saturated rings. The summed E-state index contributed by atoms with van der Waals surface area (Å²) in [7, 11) is 1.51. The zero-order valence-electron chi connectivity index (χ0n) is 19.0. The summed E-state index contributed by atoms with van der Waals surface area (Å²) in [5.41, 5.74) is 4.82. The van der Waals surface area contributed by atoms with Crippen LogP contribution >= 0.6 is 28.1 Å². The maximum atomic E-state index is 12.6. The number of benzene rings is 3. The summed E-state index contributed by atoms with van der Waals surface area (Å²) in [5, 5.41) is 5.88.